The molecule has 0 aliphatic carbocycles. The second-order valence-electron chi connectivity index (χ2n) is 4.84. The van der Waals surface area contributed by atoms with Gasteiger partial charge in [0, 0.05) is 25.2 Å². The third-order valence-electron chi connectivity index (χ3n) is 2.64. The van der Waals surface area contributed by atoms with Gasteiger partial charge in [0.1, 0.15) is 5.82 Å². The van der Waals surface area contributed by atoms with Crippen molar-refractivity contribution in [1.82, 2.24) is 5.32 Å². The third kappa shape index (κ3) is 6.43. The normalized spacial score (nSPS) is 10.6. The number of halogens is 2. The highest BCUT2D eigenvalue weighted by molar-refractivity contribution is 6.31. The fraction of sp³-hybridized carbons (Fsp3) is 0.500. The fourth-order valence-electron chi connectivity index (χ4n) is 1.52. The first kappa shape index (κ1) is 15.8. The molecule has 1 rings (SSSR count). The van der Waals surface area contributed by atoms with Crippen molar-refractivity contribution in [2.24, 2.45) is 5.92 Å². The highest BCUT2D eigenvalue weighted by atomic mass is 35.5. The second kappa shape index (κ2) is 8.00. The van der Waals surface area contributed by atoms with Crippen molar-refractivity contribution < 1.29 is 9.18 Å². The molecule has 3 nitrogen and oxygen atoms in total. The summed E-state index contributed by atoms with van der Waals surface area (Å²) >= 11 is 5.66. The van der Waals surface area contributed by atoms with Crippen LogP contribution >= 0.6 is 11.6 Å². The Morgan fingerprint density at radius 3 is 2.74 bits per heavy atom. The van der Waals surface area contributed by atoms with Gasteiger partial charge in [-0.15, -0.1) is 0 Å². The monoisotopic (exact) mass is 286 g/mol. The number of hydrogen-bond acceptors (Lipinski definition) is 2. The maximum atomic E-state index is 12.9. The zero-order valence-corrected chi connectivity index (χ0v) is 12.1. The lowest BCUT2D eigenvalue weighted by Crippen LogP contribution is -2.27. The van der Waals surface area contributed by atoms with Gasteiger partial charge < -0.3 is 10.6 Å². The van der Waals surface area contributed by atoms with Crippen LogP contribution in [0.2, 0.25) is 5.02 Å². The van der Waals surface area contributed by atoms with Crippen LogP contribution in [-0.4, -0.2) is 19.0 Å². The van der Waals surface area contributed by atoms with Gasteiger partial charge in [-0.05, 0) is 30.5 Å². The maximum Gasteiger partial charge on any atom is 0.221 e. The molecule has 0 atom stereocenters. The molecule has 0 saturated heterocycles. The van der Waals surface area contributed by atoms with Crippen LogP contribution in [0, 0.1) is 11.7 Å². The summed E-state index contributed by atoms with van der Waals surface area (Å²) in [4.78, 5) is 11.5. The molecule has 0 aliphatic rings. The Morgan fingerprint density at radius 1 is 1.37 bits per heavy atom. The predicted molar refractivity (Wildman–Crippen MR) is 77.0 cm³/mol. The van der Waals surface area contributed by atoms with Crippen molar-refractivity contribution in [3.8, 4) is 0 Å². The number of hydrogen-bond donors (Lipinski definition) is 2. The minimum absolute atomic E-state index is 0.0151. The van der Waals surface area contributed by atoms with Crippen LogP contribution in [0.4, 0.5) is 10.1 Å². The van der Waals surface area contributed by atoms with Crippen LogP contribution in [0.3, 0.4) is 0 Å². The van der Waals surface area contributed by atoms with Crippen LogP contribution in [0.15, 0.2) is 18.2 Å². The van der Waals surface area contributed by atoms with E-state index < -0.39 is 5.82 Å². The van der Waals surface area contributed by atoms with E-state index in [2.05, 4.69) is 24.5 Å². The highest BCUT2D eigenvalue weighted by Gasteiger charge is 2.03. The molecule has 106 valence electrons. The van der Waals surface area contributed by atoms with Gasteiger partial charge in [0.05, 0.1) is 5.02 Å². The Bertz CT molecular complexity index is 424. The Labute approximate surface area is 118 Å². The van der Waals surface area contributed by atoms with E-state index in [1.54, 1.807) is 6.07 Å². The minimum atomic E-state index is -0.446. The van der Waals surface area contributed by atoms with Crippen molar-refractivity contribution in [3.63, 3.8) is 0 Å². The van der Waals surface area contributed by atoms with Crippen LogP contribution in [0.25, 0.3) is 0 Å². The Hall–Kier alpha value is -1.29. The van der Waals surface area contributed by atoms with Gasteiger partial charge in [-0.1, -0.05) is 25.4 Å². The predicted octanol–water partition coefficient (Wildman–Crippen LogP) is 3.44. The number of nitrogens with one attached hydrogen (secondary N) is 2. The van der Waals surface area contributed by atoms with E-state index in [0.717, 1.165) is 6.42 Å². The topological polar surface area (TPSA) is 41.1 Å². The summed E-state index contributed by atoms with van der Waals surface area (Å²) in [5.41, 5.74) is 0.710. The Balaban J connectivity index is 2.22. The zero-order chi connectivity index (χ0) is 14.3. The molecule has 0 spiro atoms. The first-order valence-corrected chi connectivity index (χ1v) is 6.82. The summed E-state index contributed by atoms with van der Waals surface area (Å²) in [7, 11) is 0. The fourth-order valence-corrected chi connectivity index (χ4v) is 1.70. The average molecular weight is 287 g/mol. The summed E-state index contributed by atoms with van der Waals surface area (Å²) in [5, 5.41) is 5.96. The first-order valence-electron chi connectivity index (χ1n) is 6.44. The van der Waals surface area contributed by atoms with Gasteiger partial charge in [0.25, 0.3) is 0 Å². The smallest absolute Gasteiger partial charge is 0.221 e. The van der Waals surface area contributed by atoms with Gasteiger partial charge >= 0.3 is 0 Å². The molecule has 0 radical (unpaired) electrons. The molecule has 19 heavy (non-hydrogen) atoms. The lowest BCUT2D eigenvalue weighted by molar-refractivity contribution is -0.120. The average Bonchev–Trinajstić information content (AvgIpc) is 2.33. The van der Waals surface area contributed by atoms with E-state index in [1.807, 2.05) is 0 Å². The molecule has 0 bridgehead atoms. The van der Waals surface area contributed by atoms with Gasteiger partial charge in [-0.2, -0.15) is 0 Å². The first-order chi connectivity index (χ1) is 8.99. The molecule has 0 heterocycles. The Morgan fingerprint density at radius 2 is 2.11 bits per heavy atom. The molecule has 1 aromatic carbocycles. The van der Waals surface area contributed by atoms with E-state index in [1.165, 1.54) is 12.1 Å². The molecule has 0 aromatic heterocycles. The lowest BCUT2D eigenvalue weighted by atomic mass is 10.1. The van der Waals surface area contributed by atoms with E-state index in [9.17, 15) is 9.18 Å². The van der Waals surface area contributed by atoms with Gasteiger partial charge in [0.2, 0.25) is 5.91 Å². The molecule has 2 N–H and O–H groups in total. The van der Waals surface area contributed by atoms with E-state index in [-0.39, 0.29) is 10.9 Å². The van der Waals surface area contributed by atoms with E-state index in [0.29, 0.717) is 31.1 Å². The number of rotatable bonds is 7. The number of benzene rings is 1. The number of carbonyl (C=O) groups is 1. The molecular weight excluding hydrogens is 267 g/mol. The zero-order valence-electron chi connectivity index (χ0n) is 11.3. The minimum Gasteiger partial charge on any atom is -0.384 e. The maximum absolute atomic E-state index is 12.9. The van der Waals surface area contributed by atoms with Gasteiger partial charge in [-0.25, -0.2) is 4.39 Å². The summed E-state index contributed by atoms with van der Waals surface area (Å²) in [6.45, 7) is 5.44. The van der Waals surface area contributed by atoms with Crippen molar-refractivity contribution in [1.29, 1.82) is 0 Å². The van der Waals surface area contributed by atoms with Crippen molar-refractivity contribution >= 4 is 23.2 Å². The SMILES string of the molecule is CC(C)CCNC(=O)CCNc1ccc(F)c(Cl)c1. The molecule has 1 aromatic rings. The third-order valence-corrected chi connectivity index (χ3v) is 2.93. The Kier molecular flexibility index (Phi) is 6.64. The van der Waals surface area contributed by atoms with Crippen LogP contribution in [-0.2, 0) is 4.79 Å². The van der Waals surface area contributed by atoms with Crippen molar-refractivity contribution in [2.45, 2.75) is 26.7 Å². The van der Waals surface area contributed by atoms with Crippen molar-refractivity contribution in [3.05, 3.63) is 29.0 Å². The standard InChI is InChI=1S/C14H20ClFN2O/c1-10(2)5-7-18-14(19)6-8-17-11-3-4-13(16)12(15)9-11/h3-4,9-10,17H,5-8H2,1-2H3,(H,18,19). The molecule has 0 fully saturated rings. The quantitative estimate of drug-likeness (QED) is 0.806. The molecule has 0 saturated carbocycles. The number of carbonyl (C=O) groups excluding carboxylic acids is 1. The van der Waals surface area contributed by atoms with Crippen LogP contribution in [0.5, 0.6) is 0 Å². The summed E-state index contributed by atoms with van der Waals surface area (Å²) in [6, 6.07) is 4.40. The highest BCUT2D eigenvalue weighted by Crippen LogP contribution is 2.19. The number of amides is 1. The molecular formula is C14H20ClFN2O. The molecule has 0 unspecified atom stereocenters. The van der Waals surface area contributed by atoms with Gasteiger partial charge in [0.15, 0.2) is 0 Å². The van der Waals surface area contributed by atoms with Gasteiger partial charge in [-0.3, -0.25) is 4.79 Å². The van der Waals surface area contributed by atoms with Crippen LogP contribution < -0.4 is 10.6 Å². The van der Waals surface area contributed by atoms with E-state index >= 15 is 0 Å². The van der Waals surface area contributed by atoms with Crippen LogP contribution in [0.1, 0.15) is 26.7 Å². The molecule has 0 aliphatic heterocycles. The molecule has 1 amide bonds. The summed E-state index contributed by atoms with van der Waals surface area (Å²) < 4.78 is 12.9. The lowest BCUT2D eigenvalue weighted by Gasteiger charge is -2.09. The molecule has 5 heteroatoms. The van der Waals surface area contributed by atoms with Crippen molar-refractivity contribution in [2.75, 3.05) is 18.4 Å². The summed E-state index contributed by atoms with van der Waals surface area (Å²) in [6.07, 6.45) is 1.36. The second-order valence-corrected chi connectivity index (χ2v) is 5.25. The summed E-state index contributed by atoms with van der Waals surface area (Å²) in [5.74, 6) is 0.153. The largest absolute Gasteiger partial charge is 0.384 e. The number of anilines is 1. The van der Waals surface area contributed by atoms with E-state index in [4.69, 9.17) is 11.6 Å².